The average Bonchev–Trinajstić information content (AvgIpc) is 2.63. The molecule has 0 spiro atoms. The second-order valence-corrected chi connectivity index (χ2v) is 5.53. The number of ether oxygens (including phenoxy) is 2. The quantitative estimate of drug-likeness (QED) is 0.370. The molecule has 0 saturated carbocycles. The molecule has 1 aromatic carbocycles. The Kier molecular flexibility index (Phi) is 9.79. The van der Waals surface area contributed by atoms with Crippen LogP contribution in [0, 0.1) is 6.92 Å². The summed E-state index contributed by atoms with van der Waals surface area (Å²) in [6.45, 7) is 5.96. The number of nitrogens with one attached hydrogen (secondary N) is 2. The van der Waals surface area contributed by atoms with Gasteiger partial charge in [-0.15, -0.1) is 24.0 Å². The number of hydrogen-bond acceptors (Lipinski definition) is 4. The highest BCUT2D eigenvalue weighted by molar-refractivity contribution is 14.0. The van der Waals surface area contributed by atoms with E-state index in [4.69, 9.17) is 9.47 Å². The molecule has 7 heteroatoms. The summed E-state index contributed by atoms with van der Waals surface area (Å²) in [5.41, 5.74) is 3.35. The lowest BCUT2D eigenvalue weighted by Crippen LogP contribution is -2.36. The number of guanidine groups is 1. The Labute approximate surface area is 172 Å². The molecule has 2 N–H and O–H groups in total. The minimum atomic E-state index is 0. The number of nitrogens with zero attached hydrogens (tertiary/aromatic N) is 2. The molecule has 1 aromatic heterocycles. The normalized spacial score (nSPS) is 10.7. The fourth-order valence-electron chi connectivity index (χ4n) is 2.36. The van der Waals surface area contributed by atoms with Gasteiger partial charge in [0.15, 0.2) is 5.96 Å². The van der Waals surface area contributed by atoms with Crippen molar-refractivity contribution >= 4 is 29.9 Å². The van der Waals surface area contributed by atoms with Crippen LogP contribution in [0.4, 0.5) is 0 Å². The summed E-state index contributed by atoms with van der Waals surface area (Å²) >= 11 is 0. The van der Waals surface area contributed by atoms with Crippen LogP contribution < -0.4 is 20.1 Å². The first kappa shape index (κ1) is 22.0. The third-order valence-electron chi connectivity index (χ3n) is 3.66. The molecular formula is C19H27IN4O2. The second kappa shape index (κ2) is 11.6. The van der Waals surface area contributed by atoms with Crippen molar-refractivity contribution in [3.05, 3.63) is 53.2 Å². The van der Waals surface area contributed by atoms with Crippen LogP contribution in [0.1, 0.15) is 23.6 Å². The summed E-state index contributed by atoms with van der Waals surface area (Å²) in [6.07, 6.45) is 1.73. The smallest absolute Gasteiger partial charge is 0.213 e. The number of methoxy groups -OCH3 is 1. The van der Waals surface area contributed by atoms with Gasteiger partial charge in [0.05, 0.1) is 13.7 Å². The first-order valence-corrected chi connectivity index (χ1v) is 8.32. The lowest BCUT2D eigenvalue weighted by Gasteiger charge is -2.15. The zero-order valence-corrected chi connectivity index (χ0v) is 18.0. The van der Waals surface area contributed by atoms with E-state index in [1.807, 2.05) is 19.1 Å². The van der Waals surface area contributed by atoms with Gasteiger partial charge in [-0.2, -0.15) is 0 Å². The van der Waals surface area contributed by atoms with Crippen molar-refractivity contribution in [2.45, 2.75) is 26.9 Å². The Balaban J connectivity index is 0.00000338. The fourth-order valence-corrected chi connectivity index (χ4v) is 2.36. The number of hydrogen-bond donors (Lipinski definition) is 2. The van der Waals surface area contributed by atoms with E-state index in [1.165, 1.54) is 5.56 Å². The van der Waals surface area contributed by atoms with Crippen molar-refractivity contribution in [1.82, 2.24) is 15.6 Å². The Morgan fingerprint density at radius 3 is 2.62 bits per heavy atom. The molecule has 0 aliphatic carbocycles. The Morgan fingerprint density at radius 1 is 1.15 bits per heavy atom. The molecule has 2 rings (SSSR count). The number of aromatic nitrogens is 1. The maximum Gasteiger partial charge on any atom is 0.213 e. The molecule has 2 aromatic rings. The van der Waals surface area contributed by atoms with Crippen LogP contribution in [-0.4, -0.2) is 31.7 Å². The zero-order valence-electron chi connectivity index (χ0n) is 15.7. The van der Waals surface area contributed by atoms with Crippen molar-refractivity contribution in [2.75, 3.05) is 20.8 Å². The topological polar surface area (TPSA) is 67.8 Å². The summed E-state index contributed by atoms with van der Waals surface area (Å²) in [5, 5.41) is 6.60. The fraction of sp³-hybridized carbons (Fsp3) is 0.368. The summed E-state index contributed by atoms with van der Waals surface area (Å²) in [7, 11) is 3.36. The first-order chi connectivity index (χ1) is 12.2. The third kappa shape index (κ3) is 6.70. The second-order valence-electron chi connectivity index (χ2n) is 5.53. The van der Waals surface area contributed by atoms with Crippen LogP contribution in [0.15, 0.2) is 41.5 Å². The third-order valence-corrected chi connectivity index (χ3v) is 3.66. The van der Waals surface area contributed by atoms with Crippen LogP contribution >= 0.6 is 24.0 Å². The Hall–Kier alpha value is -2.03. The molecule has 0 aliphatic heterocycles. The Morgan fingerprint density at radius 2 is 1.92 bits per heavy atom. The molecule has 0 saturated heterocycles. The van der Waals surface area contributed by atoms with Gasteiger partial charge < -0.3 is 20.1 Å². The molecule has 0 fully saturated rings. The molecule has 0 unspecified atom stereocenters. The minimum Gasteiger partial charge on any atom is -0.494 e. The van der Waals surface area contributed by atoms with Gasteiger partial charge in [0.25, 0.3) is 0 Å². The van der Waals surface area contributed by atoms with Crippen molar-refractivity contribution in [3.63, 3.8) is 0 Å². The largest absolute Gasteiger partial charge is 0.494 e. The van der Waals surface area contributed by atoms with Crippen LogP contribution in [0.2, 0.25) is 0 Å². The van der Waals surface area contributed by atoms with Gasteiger partial charge in [0.1, 0.15) is 5.75 Å². The predicted octanol–water partition coefficient (Wildman–Crippen LogP) is 3.28. The molecule has 0 bridgehead atoms. The highest BCUT2D eigenvalue weighted by atomic mass is 127. The van der Waals surface area contributed by atoms with Crippen LogP contribution in [-0.2, 0) is 13.1 Å². The van der Waals surface area contributed by atoms with E-state index in [0.29, 0.717) is 25.6 Å². The van der Waals surface area contributed by atoms with Gasteiger partial charge in [-0.05, 0) is 37.1 Å². The van der Waals surface area contributed by atoms with Gasteiger partial charge in [0, 0.05) is 38.0 Å². The van der Waals surface area contributed by atoms with Crippen molar-refractivity contribution in [1.29, 1.82) is 0 Å². The monoisotopic (exact) mass is 470 g/mol. The summed E-state index contributed by atoms with van der Waals surface area (Å²) in [5.74, 6) is 2.23. The maximum atomic E-state index is 5.72. The summed E-state index contributed by atoms with van der Waals surface area (Å²) < 4.78 is 10.9. The average molecular weight is 470 g/mol. The van der Waals surface area contributed by atoms with E-state index >= 15 is 0 Å². The lowest BCUT2D eigenvalue weighted by molar-refractivity contribution is 0.336. The zero-order chi connectivity index (χ0) is 18.1. The highest BCUT2D eigenvalue weighted by Gasteiger charge is 2.06. The van der Waals surface area contributed by atoms with E-state index in [1.54, 1.807) is 20.4 Å². The van der Waals surface area contributed by atoms with Gasteiger partial charge in [-0.3, -0.25) is 4.99 Å². The van der Waals surface area contributed by atoms with Gasteiger partial charge >= 0.3 is 0 Å². The number of aliphatic imine (C=N–C) groups is 1. The van der Waals surface area contributed by atoms with E-state index in [0.717, 1.165) is 22.8 Å². The van der Waals surface area contributed by atoms with E-state index in [-0.39, 0.29) is 24.0 Å². The molecule has 26 heavy (non-hydrogen) atoms. The van der Waals surface area contributed by atoms with Crippen LogP contribution in [0.5, 0.6) is 11.6 Å². The summed E-state index contributed by atoms with van der Waals surface area (Å²) in [6, 6.07) is 10.1. The molecule has 1 heterocycles. The maximum absolute atomic E-state index is 5.72. The van der Waals surface area contributed by atoms with E-state index < -0.39 is 0 Å². The number of rotatable bonds is 7. The Bertz CT molecular complexity index is 722. The minimum absolute atomic E-state index is 0. The molecular weight excluding hydrogens is 443 g/mol. The van der Waals surface area contributed by atoms with Crippen LogP contribution in [0.25, 0.3) is 0 Å². The summed E-state index contributed by atoms with van der Waals surface area (Å²) in [4.78, 5) is 8.37. The molecule has 0 amide bonds. The molecule has 142 valence electrons. The standard InChI is InChI=1S/C19H26N4O2.HI/c1-5-25-17-10-14(2)6-7-16(17)13-23-19(20-3)22-12-15-8-9-21-18(11-15)24-4;/h6-11H,5,12-13H2,1-4H3,(H2,20,22,23);1H. The molecule has 0 radical (unpaired) electrons. The predicted molar refractivity (Wildman–Crippen MR) is 116 cm³/mol. The molecule has 6 nitrogen and oxygen atoms in total. The number of pyridine rings is 1. The molecule has 0 atom stereocenters. The first-order valence-electron chi connectivity index (χ1n) is 8.32. The van der Waals surface area contributed by atoms with Gasteiger partial charge in [-0.25, -0.2) is 4.98 Å². The number of halogens is 1. The lowest BCUT2D eigenvalue weighted by atomic mass is 10.1. The van der Waals surface area contributed by atoms with E-state index in [2.05, 4.69) is 45.7 Å². The van der Waals surface area contributed by atoms with E-state index in [9.17, 15) is 0 Å². The van der Waals surface area contributed by atoms with Gasteiger partial charge in [-0.1, -0.05) is 12.1 Å². The number of aryl methyl sites for hydroxylation is 1. The highest BCUT2D eigenvalue weighted by Crippen LogP contribution is 2.20. The van der Waals surface area contributed by atoms with Crippen LogP contribution in [0.3, 0.4) is 0 Å². The molecule has 0 aliphatic rings. The van der Waals surface area contributed by atoms with Crippen molar-refractivity contribution in [3.8, 4) is 11.6 Å². The van der Waals surface area contributed by atoms with Crippen molar-refractivity contribution in [2.24, 2.45) is 4.99 Å². The SMILES string of the molecule is CCOc1cc(C)ccc1CNC(=NC)NCc1ccnc(OC)c1.I. The van der Waals surface area contributed by atoms with Crippen molar-refractivity contribution < 1.29 is 9.47 Å². The van der Waals surface area contributed by atoms with Gasteiger partial charge in [0.2, 0.25) is 5.88 Å². The number of benzene rings is 1.